The molecule has 0 radical (unpaired) electrons. The van der Waals surface area contributed by atoms with Crippen molar-refractivity contribution in [2.75, 3.05) is 6.54 Å². The number of allylic oxidation sites excluding steroid dienone is 1. The van der Waals surface area contributed by atoms with Crippen molar-refractivity contribution in [1.82, 2.24) is 29.8 Å². The van der Waals surface area contributed by atoms with Gasteiger partial charge in [-0.2, -0.15) is 13.2 Å². The molecule has 330 valence electrons. The van der Waals surface area contributed by atoms with Crippen molar-refractivity contribution < 1.29 is 55.3 Å². The number of sulfonamides is 1. The van der Waals surface area contributed by atoms with Crippen molar-refractivity contribution in [3.8, 4) is 11.6 Å². The van der Waals surface area contributed by atoms with Crippen LogP contribution in [-0.2, 0) is 30.6 Å². The van der Waals surface area contributed by atoms with E-state index >= 15 is 4.79 Å². The van der Waals surface area contributed by atoms with Crippen LogP contribution in [0.4, 0.5) is 18.0 Å². The van der Waals surface area contributed by atoms with Crippen LogP contribution in [0.25, 0.3) is 11.0 Å². The van der Waals surface area contributed by atoms with Crippen LogP contribution in [0.1, 0.15) is 106 Å². The topological polar surface area (TPSA) is 197 Å². The van der Waals surface area contributed by atoms with Gasteiger partial charge in [0.25, 0.3) is 5.91 Å². The minimum atomic E-state index is -5.03. The number of benzene rings is 1. The summed E-state index contributed by atoms with van der Waals surface area (Å²) in [4.78, 5) is 66.9. The summed E-state index contributed by atoms with van der Waals surface area (Å²) in [6, 6.07) is 1.42. The molecule has 3 fully saturated rings. The van der Waals surface area contributed by atoms with E-state index in [2.05, 4.69) is 20.0 Å². The largest absolute Gasteiger partial charge is 0.491 e. The quantitative estimate of drug-likeness (QED) is 0.257. The van der Waals surface area contributed by atoms with Crippen molar-refractivity contribution in [2.24, 2.45) is 17.8 Å². The molecule has 15 nitrogen and oxygen atoms in total. The first-order valence-electron chi connectivity index (χ1n) is 20.5. The average molecular weight is 865 g/mol. The Morgan fingerprint density at radius 1 is 1.10 bits per heavy atom. The molecule has 1 aromatic heterocycles. The third kappa shape index (κ3) is 9.60. The summed E-state index contributed by atoms with van der Waals surface area (Å²) in [6.07, 6.45) is -1.85. The molecule has 0 spiro atoms. The third-order valence-electron chi connectivity index (χ3n) is 11.7. The van der Waals surface area contributed by atoms with E-state index in [1.807, 2.05) is 19.9 Å². The van der Waals surface area contributed by atoms with Gasteiger partial charge in [0.2, 0.25) is 33.4 Å². The summed E-state index contributed by atoms with van der Waals surface area (Å²) in [5, 5.41) is 12.7. The number of carbonyl (C=O) groups excluding carboxylic acids is 3. The molecule has 2 aliphatic carbocycles. The minimum Gasteiger partial charge on any atom is -0.491 e. The highest BCUT2D eigenvalue weighted by atomic mass is 32.2. The molecule has 4 amide bonds. The van der Waals surface area contributed by atoms with Crippen molar-refractivity contribution >= 4 is 44.9 Å². The fourth-order valence-corrected chi connectivity index (χ4v) is 9.80. The Hall–Kier alpha value is -4.68. The molecule has 3 N–H and O–H groups in total. The summed E-state index contributed by atoms with van der Waals surface area (Å²) >= 11 is 0. The number of hydrogen-bond donors (Lipinski definition) is 3. The number of ether oxygens (including phenoxy) is 2. The monoisotopic (exact) mass is 864 g/mol. The van der Waals surface area contributed by atoms with Crippen LogP contribution in [0.15, 0.2) is 30.4 Å². The lowest BCUT2D eigenvalue weighted by Crippen LogP contribution is -2.62. The van der Waals surface area contributed by atoms with Gasteiger partial charge in [-0.1, -0.05) is 32.4 Å². The van der Waals surface area contributed by atoms with Crippen molar-refractivity contribution in [2.45, 2.75) is 147 Å². The first kappa shape index (κ1) is 44.9. The highest BCUT2D eigenvalue weighted by Gasteiger charge is 2.62. The molecule has 19 heteroatoms. The SMILES string of the molecule is CC[C@@H]1C[C@H](C)CC/C=C\[C@@H]2C[C@@]2(C(=O)NS(=O)(=O)C2CC2)NC(=O)[C@@H]2C[C@@H](Oc3nc4cc(OC(C)C)ccc4nc3C(F)(F)F)CN2C(=O)[C@H]1N(C(=O)O)C(C)(C)C. The molecule has 2 saturated carbocycles. The van der Waals surface area contributed by atoms with Gasteiger partial charge in [-0.05, 0) is 97.1 Å². The van der Waals surface area contributed by atoms with Gasteiger partial charge in [0.05, 0.1) is 28.9 Å². The number of fused-ring (bicyclic) bond motifs is 3. The molecule has 0 unspecified atom stereocenters. The molecule has 6 rings (SSSR count). The number of hydrogen-bond acceptors (Lipinski definition) is 10. The number of amides is 4. The number of carbonyl (C=O) groups is 4. The van der Waals surface area contributed by atoms with E-state index in [0.29, 0.717) is 44.3 Å². The predicted octanol–water partition coefficient (Wildman–Crippen LogP) is 5.82. The number of nitrogens with one attached hydrogen (secondary N) is 2. The molecule has 3 heterocycles. The second-order valence-electron chi connectivity index (χ2n) is 17.9. The Kier molecular flexibility index (Phi) is 12.4. The standard InChI is InChI=1S/C41H55F3N6O9S/c1-8-24-17-23(4)11-9-10-12-25-20-40(25,37(53)48-60(56,57)28-14-15-28)47-34(51)31-19-27(21-49(31)36(52)32(24)50(38(54)55)39(5,6)7)59-35-33(41(42,43)44)45-29-16-13-26(58-22(2)3)18-30(29)46-35/h10,12-13,16,18,22-25,27-28,31-32H,8-9,11,14-15,17,19-21H2,1-7H3,(H,47,51)(H,48,53)(H,54,55)/b12-10-/t23-,24-,25-,27-,31+,32+,40-/m1/s1. The fourth-order valence-electron chi connectivity index (χ4n) is 8.44. The lowest BCUT2D eigenvalue weighted by Gasteiger charge is -2.44. The molecule has 1 saturated heterocycles. The zero-order valence-corrected chi connectivity index (χ0v) is 35.7. The third-order valence-corrected chi connectivity index (χ3v) is 13.5. The van der Waals surface area contributed by atoms with Gasteiger partial charge in [0.1, 0.15) is 29.5 Å². The van der Waals surface area contributed by atoms with Crippen LogP contribution in [0.2, 0.25) is 0 Å². The van der Waals surface area contributed by atoms with E-state index in [1.165, 1.54) is 18.2 Å². The number of nitrogens with zero attached hydrogens (tertiary/aromatic N) is 4. The maximum Gasteiger partial charge on any atom is 0.438 e. The number of alkyl halides is 3. The lowest BCUT2D eigenvalue weighted by atomic mass is 9.82. The van der Waals surface area contributed by atoms with Crippen LogP contribution in [0, 0.1) is 17.8 Å². The molecular formula is C41H55F3N6O9S. The number of halogens is 3. The van der Waals surface area contributed by atoms with Gasteiger partial charge < -0.3 is 24.8 Å². The predicted molar refractivity (Wildman–Crippen MR) is 213 cm³/mol. The molecule has 0 bridgehead atoms. The normalized spacial score (nSPS) is 28.5. The maximum atomic E-state index is 15.2. The van der Waals surface area contributed by atoms with Gasteiger partial charge in [-0.15, -0.1) is 0 Å². The molecular weight excluding hydrogens is 810 g/mol. The van der Waals surface area contributed by atoms with Crippen molar-refractivity contribution in [1.29, 1.82) is 0 Å². The highest BCUT2D eigenvalue weighted by molar-refractivity contribution is 7.91. The Morgan fingerprint density at radius 3 is 2.40 bits per heavy atom. The average Bonchev–Trinajstić information content (AvgIpc) is 4.06. The van der Waals surface area contributed by atoms with Crippen LogP contribution in [0.5, 0.6) is 11.6 Å². The van der Waals surface area contributed by atoms with E-state index in [4.69, 9.17) is 9.47 Å². The van der Waals surface area contributed by atoms with E-state index < -0.39 is 104 Å². The van der Waals surface area contributed by atoms with Gasteiger partial charge in [0, 0.05) is 23.9 Å². The van der Waals surface area contributed by atoms with Crippen LogP contribution in [0.3, 0.4) is 0 Å². The molecule has 1 aromatic carbocycles. The zero-order valence-electron chi connectivity index (χ0n) is 34.9. The van der Waals surface area contributed by atoms with E-state index in [1.54, 1.807) is 40.7 Å². The van der Waals surface area contributed by atoms with E-state index in [-0.39, 0.29) is 35.9 Å². The number of carboxylic acid groups (broad SMARTS) is 1. The fraction of sp³-hybridized carbons (Fsp3) is 0.659. The van der Waals surface area contributed by atoms with E-state index in [0.717, 1.165) is 9.80 Å². The Labute approximate surface area is 347 Å². The number of rotatable bonds is 9. The molecule has 60 heavy (non-hydrogen) atoms. The Bertz CT molecular complexity index is 2140. The Balaban J connectivity index is 1.43. The minimum absolute atomic E-state index is 0.00415. The van der Waals surface area contributed by atoms with Gasteiger partial charge in [0.15, 0.2) is 0 Å². The summed E-state index contributed by atoms with van der Waals surface area (Å²) < 4.78 is 83.4. The second kappa shape index (κ2) is 16.6. The van der Waals surface area contributed by atoms with Gasteiger partial charge in [-0.3, -0.25) is 24.0 Å². The second-order valence-corrected chi connectivity index (χ2v) is 19.9. The number of aromatic nitrogens is 2. The van der Waals surface area contributed by atoms with Gasteiger partial charge >= 0.3 is 12.3 Å². The summed E-state index contributed by atoms with van der Waals surface area (Å²) in [6.45, 7) is 11.9. The highest BCUT2D eigenvalue weighted by Crippen LogP contribution is 2.46. The lowest BCUT2D eigenvalue weighted by molar-refractivity contribution is -0.146. The molecule has 4 aliphatic rings. The Morgan fingerprint density at radius 2 is 1.80 bits per heavy atom. The molecule has 2 aromatic rings. The van der Waals surface area contributed by atoms with Crippen molar-refractivity contribution in [3.63, 3.8) is 0 Å². The van der Waals surface area contributed by atoms with Crippen LogP contribution < -0.4 is 19.5 Å². The first-order chi connectivity index (χ1) is 27.9. The first-order valence-corrected chi connectivity index (χ1v) is 22.1. The summed E-state index contributed by atoms with van der Waals surface area (Å²) in [5.41, 5.74) is -4.31. The summed E-state index contributed by atoms with van der Waals surface area (Å²) in [7, 11) is -4.03. The summed E-state index contributed by atoms with van der Waals surface area (Å²) in [5.74, 6) is -4.29. The zero-order chi connectivity index (χ0) is 44.1. The van der Waals surface area contributed by atoms with Crippen LogP contribution in [-0.4, -0.2) is 104 Å². The van der Waals surface area contributed by atoms with Crippen molar-refractivity contribution in [3.05, 3.63) is 36.0 Å². The molecule has 7 atom stereocenters. The van der Waals surface area contributed by atoms with E-state index in [9.17, 15) is 41.1 Å². The molecule has 2 aliphatic heterocycles. The van der Waals surface area contributed by atoms with Gasteiger partial charge in [-0.25, -0.2) is 23.2 Å². The maximum absolute atomic E-state index is 15.2. The smallest absolute Gasteiger partial charge is 0.438 e. The van der Waals surface area contributed by atoms with Crippen LogP contribution >= 0.6 is 0 Å².